The molecule has 2 aromatic carbocycles. The fraction of sp³-hybridized carbons (Fsp3) is 0.415. The van der Waals surface area contributed by atoms with Crippen LogP contribution in [0.25, 0.3) is 43.5 Å². The van der Waals surface area contributed by atoms with Crippen molar-refractivity contribution in [3.05, 3.63) is 102 Å². The Morgan fingerprint density at radius 2 is 1.65 bits per heavy atom. The summed E-state index contributed by atoms with van der Waals surface area (Å²) in [6.07, 6.45) is 13.7. The van der Waals surface area contributed by atoms with E-state index in [0.717, 1.165) is 48.0 Å². The van der Waals surface area contributed by atoms with E-state index < -0.39 is 11.6 Å². The van der Waals surface area contributed by atoms with Crippen molar-refractivity contribution in [3.8, 4) is 22.4 Å². The third-order valence-electron chi connectivity index (χ3n) is 15.1. The van der Waals surface area contributed by atoms with Gasteiger partial charge in [-0.3, -0.25) is 39.1 Å². The highest BCUT2D eigenvalue weighted by molar-refractivity contribution is 7.22. The Kier molecular flexibility index (Phi) is 12.0. The average Bonchev–Trinajstić information content (AvgIpc) is 4.00. The maximum Gasteiger partial charge on any atom is 0.355 e. The van der Waals surface area contributed by atoms with Crippen molar-refractivity contribution in [1.82, 2.24) is 34.5 Å². The lowest BCUT2D eigenvalue weighted by atomic mass is 9.40. The maximum atomic E-state index is 13.6. The van der Waals surface area contributed by atoms with Gasteiger partial charge in [-0.15, -0.1) is 0 Å². The molecule has 4 bridgehead atoms. The van der Waals surface area contributed by atoms with Gasteiger partial charge in [-0.25, -0.2) is 14.8 Å². The number of fused-ring (bicyclic) bond motifs is 2. The Labute approximate surface area is 404 Å². The highest BCUT2D eigenvalue weighted by Gasteiger charge is 2.65. The zero-order valence-electron chi connectivity index (χ0n) is 39.4. The summed E-state index contributed by atoms with van der Waals surface area (Å²) in [5.74, 6) is -1.42. The monoisotopic (exact) mass is 948 g/mol. The van der Waals surface area contributed by atoms with E-state index >= 15 is 0 Å². The van der Waals surface area contributed by atoms with Crippen molar-refractivity contribution in [2.75, 3.05) is 32.1 Å². The Morgan fingerprint density at radius 1 is 0.899 bits per heavy atom. The summed E-state index contributed by atoms with van der Waals surface area (Å²) in [6.45, 7) is 8.66. The molecule has 0 spiro atoms. The van der Waals surface area contributed by atoms with Crippen molar-refractivity contribution in [2.45, 2.75) is 90.7 Å². The first kappa shape index (κ1) is 46.1. The van der Waals surface area contributed by atoms with Gasteiger partial charge in [-0.2, -0.15) is 5.10 Å². The number of carboxylic acid groups (broad SMARTS) is 1. The molecule has 16 heteroatoms. The van der Waals surface area contributed by atoms with E-state index in [0.29, 0.717) is 95.4 Å². The van der Waals surface area contributed by atoms with Crippen LogP contribution in [0.4, 0.5) is 5.13 Å². The Balaban J connectivity index is 0.836. The lowest BCUT2D eigenvalue weighted by molar-refractivity contribution is -0.252. The van der Waals surface area contributed by atoms with Crippen LogP contribution in [0.15, 0.2) is 85.2 Å². The second-order valence-electron chi connectivity index (χ2n) is 20.4. The molecule has 0 saturated heterocycles. The van der Waals surface area contributed by atoms with Gasteiger partial charge in [0.15, 0.2) is 10.8 Å². The van der Waals surface area contributed by atoms with E-state index in [2.05, 4.69) is 34.1 Å². The molecule has 5 heterocycles. The number of hydrogen-bond donors (Lipinski definition) is 2. The fourth-order valence-electron chi connectivity index (χ4n) is 12.5. The van der Waals surface area contributed by atoms with Gasteiger partial charge in [0.2, 0.25) is 5.91 Å². The predicted molar refractivity (Wildman–Crippen MR) is 262 cm³/mol. The lowest BCUT2D eigenvalue weighted by Gasteiger charge is -2.68. The van der Waals surface area contributed by atoms with Crippen LogP contribution >= 0.6 is 11.3 Å². The van der Waals surface area contributed by atoms with Crippen LogP contribution in [0.1, 0.15) is 98.2 Å². The molecule has 2 N–H and O–H groups in total. The van der Waals surface area contributed by atoms with Crippen molar-refractivity contribution in [2.24, 2.45) is 22.7 Å². The molecule has 4 aliphatic carbocycles. The molecule has 3 unspecified atom stereocenters. The normalized spacial score (nSPS) is 23.7. The predicted octanol–water partition coefficient (Wildman–Crippen LogP) is 8.96. The largest absolute Gasteiger partial charge is 0.476 e. The minimum absolute atomic E-state index is 0.0436. The van der Waals surface area contributed by atoms with E-state index in [-0.39, 0.29) is 46.1 Å². The van der Waals surface area contributed by atoms with E-state index in [4.69, 9.17) is 9.84 Å². The summed E-state index contributed by atoms with van der Waals surface area (Å²) in [7, 11) is 1.82. The number of aromatic carboxylic acids is 1. The van der Waals surface area contributed by atoms with Crippen molar-refractivity contribution in [1.29, 1.82) is 0 Å². The number of benzene rings is 2. The molecule has 6 aromatic rings. The minimum Gasteiger partial charge on any atom is -0.476 e. The van der Waals surface area contributed by atoms with E-state index in [1.807, 2.05) is 55.1 Å². The van der Waals surface area contributed by atoms with Gasteiger partial charge in [0.05, 0.1) is 39.8 Å². The van der Waals surface area contributed by atoms with Crippen LogP contribution in [0, 0.1) is 29.6 Å². The second kappa shape index (κ2) is 18.0. The van der Waals surface area contributed by atoms with Gasteiger partial charge in [-0.05, 0) is 111 Å². The van der Waals surface area contributed by atoms with E-state index in [1.54, 1.807) is 41.6 Å². The van der Waals surface area contributed by atoms with Gasteiger partial charge in [0.1, 0.15) is 0 Å². The molecule has 3 atom stereocenters. The first-order valence-electron chi connectivity index (χ1n) is 23.8. The van der Waals surface area contributed by atoms with Gasteiger partial charge in [-0.1, -0.05) is 49.8 Å². The molecule has 4 saturated carbocycles. The third kappa shape index (κ3) is 8.95. The van der Waals surface area contributed by atoms with Crippen LogP contribution in [0.3, 0.4) is 0 Å². The Bertz CT molecular complexity index is 3020. The summed E-state index contributed by atoms with van der Waals surface area (Å²) in [5, 5.41) is 19.5. The Morgan fingerprint density at radius 3 is 2.41 bits per heavy atom. The molecule has 11 rings (SSSR count). The van der Waals surface area contributed by atoms with E-state index in [9.17, 15) is 29.1 Å². The number of nitrogens with one attached hydrogen (secondary N) is 1. The first-order valence-corrected chi connectivity index (χ1v) is 24.7. The SMILES string of the molecule is Cc1c(-c2ccc(-c3cnc4cccc(C(=O)Nc5nc6ccccc6s5)c4c3)nc2C(=O)O)cnn1CC1C2CC3(C)CC(C)(C2)CC1(OCCN(C)C(=O)CCCCCN1C(=O)C=CC1=O)C3. The molecule has 4 fully saturated rings. The number of likely N-dealkylation sites (N-methyl/N-ethyl adjacent to an activating group) is 1. The fourth-order valence-corrected chi connectivity index (χ4v) is 13.4. The van der Waals surface area contributed by atoms with Crippen LogP contribution in [-0.4, -0.2) is 102 Å². The highest BCUT2D eigenvalue weighted by Crippen LogP contribution is 2.69. The van der Waals surface area contributed by atoms with Crippen LogP contribution < -0.4 is 5.32 Å². The number of imide groups is 1. The van der Waals surface area contributed by atoms with Crippen LogP contribution in [0.5, 0.6) is 0 Å². The molecule has 4 aromatic heterocycles. The van der Waals surface area contributed by atoms with Gasteiger partial charge in [0, 0.05) is 90.7 Å². The van der Waals surface area contributed by atoms with Crippen molar-refractivity contribution in [3.63, 3.8) is 0 Å². The van der Waals surface area contributed by atoms with Crippen LogP contribution in [-0.2, 0) is 25.7 Å². The number of pyridine rings is 2. The summed E-state index contributed by atoms with van der Waals surface area (Å²) < 4.78 is 10.1. The van der Waals surface area contributed by atoms with E-state index in [1.165, 1.54) is 34.8 Å². The number of thiazole rings is 1. The van der Waals surface area contributed by atoms with Gasteiger partial charge < -0.3 is 14.7 Å². The molecule has 1 aliphatic heterocycles. The number of amides is 4. The van der Waals surface area contributed by atoms with Gasteiger partial charge >= 0.3 is 5.97 Å². The number of carboxylic acids is 1. The molecular formula is C53H56N8O7S. The molecule has 5 aliphatic rings. The third-order valence-corrected chi connectivity index (χ3v) is 16.1. The molecule has 4 amide bonds. The number of carbonyl (C=O) groups is 5. The number of ether oxygens (including phenoxy) is 1. The molecular weight excluding hydrogens is 893 g/mol. The zero-order valence-corrected chi connectivity index (χ0v) is 40.2. The summed E-state index contributed by atoms with van der Waals surface area (Å²) >= 11 is 1.39. The number of rotatable bonds is 17. The number of para-hydroxylation sites is 1. The summed E-state index contributed by atoms with van der Waals surface area (Å²) in [5.41, 5.74) is 4.58. The van der Waals surface area contributed by atoms with Crippen LogP contribution in [0.2, 0.25) is 0 Å². The zero-order chi connectivity index (χ0) is 48.2. The highest BCUT2D eigenvalue weighted by atomic mass is 32.1. The summed E-state index contributed by atoms with van der Waals surface area (Å²) in [4.78, 5) is 80.4. The Hall–Kier alpha value is -6.65. The summed E-state index contributed by atoms with van der Waals surface area (Å²) in [6, 6.07) is 18.4. The number of unbranched alkanes of at least 4 members (excludes halogenated alkanes) is 2. The van der Waals surface area contributed by atoms with Crippen molar-refractivity contribution >= 4 is 67.2 Å². The molecule has 15 nitrogen and oxygen atoms in total. The van der Waals surface area contributed by atoms with Gasteiger partial charge in [0.25, 0.3) is 17.7 Å². The molecule has 356 valence electrons. The second-order valence-corrected chi connectivity index (χ2v) is 21.4. The smallest absolute Gasteiger partial charge is 0.355 e. The molecule has 69 heavy (non-hydrogen) atoms. The van der Waals surface area contributed by atoms with Crippen molar-refractivity contribution < 1.29 is 33.8 Å². The standard InChI is InChI=1S/C53H56N8O7S/c1-32-38(35-16-17-40(56-47(35)49(66)67)33-23-37-36(11-10-13-41(37)54-26-33)48(65)58-50-57-42-12-7-8-14-43(42)69-50)27-55-61(32)28-39-34-24-51(2)29-52(3,25-34)31-53(39,30-51)68-22-21-59(4)44(62)15-6-5-9-20-60-45(63)18-19-46(60)64/h7-8,10-14,16-19,23,26-27,34,39H,5-6,9,15,20-22,24-25,28-31H2,1-4H3,(H,66,67)(H,57,58,65). The number of aromatic nitrogens is 5. The molecule has 0 radical (unpaired) electrons. The number of hydrogen-bond acceptors (Lipinski definition) is 11. The lowest BCUT2D eigenvalue weighted by Crippen LogP contribution is -2.65. The maximum absolute atomic E-state index is 13.6. The number of carbonyl (C=O) groups excluding carboxylic acids is 4. The first-order chi connectivity index (χ1) is 33.1. The average molecular weight is 949 g/mol. The number of anilines is 1. The topological polar surface area (TPSA) is 190 Å². The minimum atomic E-state index is -1.17. The number of nitrogens with zero attached hydrogens (tertiary/aromatic N) is 7. The quantitative estimate of drug-likeness (QED) is 0.0656.